The van der Waals surface area contributed by atoms with Gasteiger partial charge in [-0.05, 0) is 18.9 Å². The summed E-state index contributed by atoms with van der Waals surface area (Å²) in [5.41, 5.74) is 5.50. The van der Waals surface area contributed by atoms with Gasteiger partial charge < -0.3 is 10.6 Å². The number of nitrogens with zero attached hydrogens (tertiary/aromatic N) is 3. The van der Waals surface area contributed by atoms with Gasteiger partial charge in [-0.1, -0.05) is 0 Å². The number of anilines is 1. The molecule has 1 fully saturated rings. The van der Waals surface area contributed by atoms with Gasteiger partial charge in [0.1, 0.15) is 5.82 Å². The fraction of sp³-hybridized carbons (Fsp3) is 0.600. The number of aromatic nitrogens is 2. The minimum absolute atomic E-state index is 0.265. The van der Waals surface area contributed by atoms with E-state index in [1.807, 2.05) is 11.1 Å². The summed E-state index contributed by atoms with van der Waals surface area (Å²) in [5.74, 6) is 0.793. The van der Waals surface area contributed by atoms with Crippen LogP contribution in [0.1, 0.15) is 19.3 Å². The Morgan fingerprint density at radius 3 is 2.93 bits per heavy atom. The molecule has 1 aromatic rings. The average molecular weight is 208 g/mol. The number of amides is 1. The predicted molar refractivity (Wildman–Crippen MR) is 57.1 cm³/mol. The lowest BCUT2D eigenvalue weighted by molar-refractivity contribution is -0.133. The van der Waals surface area contributed by atoms with Crippen molar-refractivity contribution in [2.24, 2.45) is 0 Å². The van der Waals surface area contributed by atoms with Crippen LogP contribution < -0.4 is 5.73 Å². The van der Waals surface area contributed by atoms with Gasteiger partial charge in [0, 0.05) is 25.7 Å². The molecule has 82 valence electrons. The average Bonchev–Trinajstić information content (AvgIpc) is 2.63. The highest BCUT2D eigenvalue weighted by atomic mass is 16.2. The quantitative estimate of drug-likeness (QED) is 0.785. The Balaban J connectivity index is 1.84. The zero-order chi connectivity index (χ0) is 10.7. The highest BCUT2D eigenvalue weighted by Crippen LogP contribution is 2.10. The van der Waals surface area contributed by atoms with Crippen LogP contribution in [0.5, 0.6) is 0 Å². The molecule has 2 N–H and O–H groups in total. The molecule has 0 radical (unpaired) electrons. The van der Waals surface area contributed by atoms with Crippen molar-refractivity contribution in [3.63, 3.8) is 0 Å². The zero-order valence-electron chi connectivity index (χ0n) is 8.72. The van der Waals surface area contributed by atoms with Crippen LogP contribution in [0.25, 0.3) is 0 Å². The van der Waals surface area contributed by atoms with Crippen molar-refractivity contribution >= 4 is 11.7 Å². The summed E-state index contributed by atoms with van der Waals surface area (Å²) < 4.78 is 1.78. The molecule has 0 aliphatic carbocycles. The fourth-order valence-corrected chi connectivity index (χ4v) is 1.82. The normalized spacial score (nSPS) is 17.1. The van der Waals surface area contributed by atoms with E-state index in [0.717, 1.165) is 32.5 Å². The number of hydrogen-bond donors (Lipinski definition) is 1. The molecule has 0 aromatic carbocycles. The minimum Gasteiger partial charge on any atom is -0.382 e. The van der Waals surface area contributed by atoms with E-state index in [1.54, 1.807) is 10.7 Å². The van der Waals surface area contributed by atoms with Crippen LogP contribution in [0.4, 0.5) is 5.82 Å². The number of nitrogens with two attached hydrogens (primary N) is 1. The van der Waals surface area contributed by atoms with Crippen LogP contribution in [0.2, 0.25) is 0 Å². The number of piperidine rings is 1. The Morgan fingerprint density at radius 1 is 1.40 bits per heavy atom. The summed E-state index contributed by atoms with van der Waals surface area (Å²) in [6.45, 7) is 2.35. The van der Waals surface area contributed by atoms with E-state index in [1.165, 1.54) is 0 Å². The molecule has 2 rings (SSSR count). The molecule has 0 bridgehead atoms. The van der Waals surface area contributed by atoms with Crippen LogP contribution in [0, 0.1) is 0 Å². The molecule has 0 saturated carbocycles. The summed E-state index contributed by atoms with van der Waals surface area (Å²) in [4.78, 5) is 13.4. The maximum Gasteiger partial charge on any atom is 0.222 e. The van der Waals surface area contributed by atoms with Crippen molar-refractivity contribution in [3.8, 4) is 0 Å². The highest BCUT2D eigenvalue weighted by Gasteiger charge is 2.17. The van der Waals surface area contributed by atoms with Gasteiger partial charge in [-0.15, -0.1) is 0 Å². The summed E-state index contributed by atoms with van der Waals surface area (Å²) in [7, 11) is 0. The number of likely N-dealkylation sites (tertiary alicyclic amines) is 1. The molecule has 1 saturated heterocycles. The molecule has 0 unspecified atom stereocenters. The molecular formula is C10H16N4O. The number of carbonyl (C=O) groups excluding carboxylic acids is 1. The van der Waals surface area contributed by atoms with Crippen molar-refractivity contribution in [3.05, 3.63) is 12.3 Å². The second-order valence-corrected chi connectivity index (χ2v) is 3.84. The van der Waals surface area contributed by atoms with Crippen molar-refractivity contribution in [1.29, 1.82) is 0 Å². The van der Waals surface area contributed by atoms with Crippen LogP contribution in [0.3, 0.4) is 0 Å². The molecule has 15 heavy (non-hydrogen) atoms. The van der Waals surface area contributed by atoms with Crippen molar-refractivity contribution in [1.82, 2.24) is 14.7 Å². The van der Waals surface area contributed by atoms with Gasteiger partial charge in [-0.2, -0.15) is 5.10 Å². The van der Waals surface area contributed by atoms with E-state index >= 15 is 0 Å². The van der Waals surface area contributed by atoms with E-state index in [9.17, 15) is 4.79 Å². The van der Waals surface area contributed by atoms with Gasteiger partial charge in [0.25, 0.3) is 0 Å². The Hall–Kier alpha value is -1.52. The third-order valence-corrected chi connectivity index (χ3v) is 2.68. The summed E-state index contributed by atoms with van der Waals surface area (Å²) in [6, 6.07) is 1.76. The predicted octanol–water partition coefficient (Wildman–Crippen LogP) is 0.478. The lowest BCUT2D eigenvalue weighted by Gasteiger charge is -2.26. The zero-order valence-corrected chi connectivity index (χ0v) is 8.72. The molecule has 1 aliphatic heterocycles. The van der Waals surface area contributed by atoms with Crippen LogP contribution in [0.15, 0.2) is 12.3 Å². The third kappa shape index (κ3) is 2.49. The Bertz CT molecular complexity index is 347. The number of carbonyl (C=O) groups is 1. The Kier molecular flexibility index (Phi) is 2.89. The highest BCUT2D eigenvalue weighted by molar-refractivity contribution is 5.76. The Morgan fingerprint density at radius 2 is 2.27 bits per heavy atom. The van der Waals surface area contributed by atoms with Crippen molar-refractivity contribution in [2.45, 2.75) is 25.8 Å². The smallest absolute Gasteiger partial charge is 0.222 e. The van der Waals surface area contributed by atoms with Crippen LogP contribution in [-0.4, -0.2) is 33.7 Å². The minimum atomic E-state index is 0.265. The monoisotopic (exact) mass is 208 g/mol. The summed E-state index contributed by atoms with van der Waals surface area (Å²) in [5, 5.41) is 4.08. The SMILES string of the molecule is Nc1ccn(CCN2CCCCC2=O)n1. The third-order valence-electron chi connectivity index (χ3n) is 2.68. The van der Waals surface area contributed by atoms with E-state index in [-0.39, 0.29) is 5.91 Å². The molecule has 1 aliphatic rings. The van der Waals surface area contributed by atoms with E-state index < -0.39 is 0 Å². The Labute approximate surface area is 88.8 Å². The van der Waals surface area contributed by atoms with E-state index in [2.05, 4.69) is 5.10 Å². The fourth-order valence-electron chi connectivity index (χ4n) is 1.82. The van der Waals surface area contributed by atoms with Gasteiger partial charge >= 0.3 is 0 Å². The van der Waals surface area contributed by atoms with Crippen molar-refractivity contribution in [2.75, 3.05) is 18.8 Å². The molecule has 5 heteroatoms. The van der Waals surface area contributed by atoms with Crippen LogP contribution >= 0.6 is 0 Å². The first-order valence-corrected chi connectivity index (χ1v) is 5.32. The second-order valence-electron chi connectivity index (χ2n) is 3.84. The maximum absolute atomic E-state index is 11.5. The molecular weight excluding hydrogens is 192 g/mol. The molecule has 2 heterocycles. The van der Waals surface area contributed by atoms with Gasteiger partial charge in [0.15, 0.2) is 0 Å². The van der Waals surface area contributed by atoms with Gasteiger partial charge in [-0.25, -0.2) is 0 Å². The molecule has 5 nitrogen and oxygen atoms in total. The lowest BCUT2D eigenvalue weighted by Crippen LogP contribution is -2.37. The lowest BCUT2D eigenvalue weighted by atomic mass is 10.1. The first-order chi connectivity index (χ1) is 7.25. The van der Waals surface area contributed by atoms with Gasteiger partial charge in [0.05, 0.1) is 6.54 Å². The van der Waals surface area contributed by atoms with Gasteiger partial charge in [-0.3, -0.25) is 9.48 Å². The molecule has 1 amide bonds. The number of hydrogen-bond acceptors (Lipinski definition) is 3. The van der Waals surface area contributed by atoms with Crippen LogP contribution in [-0.2, 0) is 11.3 Å². The second kappa shape index (κ2) is 4.33. The van der Waals surface area contributed by atoms with Crippen molar-refractivity contribution < 1.29 is 4.79 Å². The largest absolute Gasteiger partial charge is 0.382 e. The summed E-state index contributed by atoms with van der Waals surface area (Å²) >= 11 is 0. The van der Waals surface area contributed by atoms with E-state index in [0.29, 0.717) is 12.2 Å². The van der Waals surface area contributed by atoms with Gasteiger partial charge in [0.2, 0.25) is 5.91 Å². The van der Waals surface area contributed by atoms with E-state index in [4.69, 9.17) is 5.73 Å². The first kappa shape index (κ1) is 10.0. The topological polar surface area (TPSA) is 64.2 Å². The maximum atomic E-state index is 11.5. The number of rotatable bonds is 3. The number of nitrogen functional groups attached to an aromatic ring is 1. The summed E-state index contributed by atoms with van der Waals surface area (Å²) in [6.07, 6.45) is 4.68. The first-order valence-electron chi connectivity index (χ1n) is 5.32. The molecule has 0 spiro atoms. The molecule has 1 aromatic heterocycles. The standard InChI is InChI=1S/C10H16N4O/c11-9-4-6-14(12-9)8-7-13-5-2-1-3-10(13)15/h4,6H,1-3,5,7-8H2,(H2,11,12). The molecule has 0 atom stereocenters.